The molecule has 0 spiro atoms. The topological polar surface area (TPSA) is 26.3 Å². The first-order valence-electron chi connectivity index (χ1n) is 6.34. The Morgan fingerprint density at radius 3 is 2.85 bits per heavy atom. The molecule has 102 valence electrons. The maximum absolute atomic E-state index is 12.5. The first-order valence-corrected chi connectivity index (χ1v) is 7.10. The van der Waals surface area contributed by atoms with Crippen molar-refractivity contribution in [1.29, 1.82) is 0 Å². The van der Waals surface area contributed by atoms with Gasteiger partial charge in [0.2, 0.25) is 0 Å². The van der Waals surface area contributed by atoms with Gasteiger partial charge in [-0.05, 0) is 42.8 Å². The van der Waals surface area contributed by atoms with Crippen molar-refractivity contribution >= 4 is 29.0 Å². The Morgan fingerprint density at radius 1 is 1.25 bits per heavy atom. The molecule has 0 saturated heterocycles. The molecule has 4 heteroatoms. The van der Waals surface area contributed by atoms with Gasteiger partial charge in [-0.15, -0.1) is 0 Å². The molecule has 1 aliphatic heterocycles. The Kier molecular flexibility index (Phi) is 3.45. The second-order valence-corrected chi connectivity index (χ2v) is 5.67. The van der Waals surface area contributed by atoms with Crippen LogP contribution in [0.25, 0.3) is 0 Å². The van der Waals surface area contributed by atoms with E-state index >= 15 is 0 Å². The molecule has 20 heavy (non-hydrogen) atoms. The monoisotopic (exact) mass is 306 g/mol. The van der Waals surface area contributed by atoms with E-state index in [1.54, 1.807) is 24.3 Å². The summed E-state index contributed by atoms with van der Waals surface area (Å²) in [4.78, 5) is 12.5. The highest BCUT2D eigenvalue weighted by Gasteiger charge is 2.21. The SMILES string of the molecule is CC1Cc2cc(C(=O)c3cccc(Cl)c3Cl)ccc2O1. The molecule has 0 aromatic heterocycles. The molecule has 2 aromatic carbocycles. The highest BCUT2D eigenvalue weighted by molar-refractivity contribution is 6.44. The van der Waals surface area contributed by atoms with Crippen LogP contribution >= 0.6 is 23.2 Å². The molecule has 0 fully saturated rings. The normalized spacial score (nSPS) is 16.6. The molecule has 1 heterocycles. The number of ether oxygens (including phenoxy) is 1. The lowest BCUT2D eigenvalue weighted by atomic mass is 10.00. The number of ketones is 1. The number of hydrogen-bond acceptors (Lipinski definition) is 2. The van der Waals surface area contributed by atoms with Gasteiger partial charge in [0.1, 0.15) is 11.9 Å². The van der Waals surface area contributed by atoms with Gasteiger partial charge in [-0.3, -0.25) is 4.79 Å². The summed E-state index contributed by atoms with van der Waals surface area (Å²) in [6.45, 7) is 2.01. The van der Waals surface area contributed by atoms with Crippen LogP contribution in [-0.4, -0.2) is 11.9 Å². The Bertz CT molecular complexity index is 695. The molecule has 2 nitrogen and oxygen atoms in total. The van der Waals surface area contributed by atoms with Crippen LogP contribution in [0.3, 0.4) is 0 Å². The van der Waals surface area contributed by atoms with Crippen molar-refractivity contribution in [3.8, 4) is 5.75 Å². The summed E-state index contributed by atoms with van der Waals surface area (Å²) in [6.07, 6.45) is 0.977. The molecular weight excluding hydrogens is 295 g/mol. The number of hydrogen-bond donors (Lipinski definition) is 0. The maximum atomic E-state index is 12.5. The van der Waals surface area contributed by atoms with E-state index < -0.39 is 0 Å². The lowest BCUT2D eigenvalue weighted by Gasteiger charge is -2.06. The van der Waals surface area contributed by atoms with Gasteiger partial charge in [0.15, 0.2) is 5.78 Å². The summed E-state index contributed by atoms with van der Waals surface area (Å²) in [6, 6.07) is 10.5. The van der Waals surface area contributed by atoms with Gasteiger partial charge in [0.05, 0.1) is 10.0 Å². The molecule has 1 aliphatic rings. The summed E-state index contributed by atoms with van der Waals surface area (Å²) in [5, 5.41) is 0.680. The van der Waals surface area contributed by atoms with Gasteiger partial charge < -0.3 is 4.74 Å². The van der Waals surface area contributed by atoms with E-state index in [1.165, 1.54) is 0 Å². The molecule has 0 aliphatic carbocycles. The van der Waals surface area contributed by atoms with E-state index in [9.17, 15) is 4.79 Å². The molecule has 0 bridgehead atoms. The van der Waals surface area contributed by atoms with Gasteiger partial charge in [-0.25, -0.2) is 0 Å². The van der Waals surface area contributed by atoms with Crippen LogP contribution in [0.5, 0.6) is 5.75 Å². The fraction of sp³-hybridized carbons (Fsp3) is 0.188. The second kappa shape index (κ2) is 5.12. The van der Waals surface area contributed by atoms with Crippen LogP contribution in [0, 0.1) is 0 Å². The second-order valence-electron chi connectivity index (χ2n) is 4.89. The van der Waals surface area contributed by atoms with E-state index in [0.29, 0.717) is 21.2 Å². The predicted molar refractivity (Wildman–Crippen MR) is 80.1 cm³/mol. The van der Waals surface area contributed by atoms with Gasteiger partial charge in [0, 0.05) is 17.5 Å². The zero-order valence-electron chi connectivity index (χ0n) is 10.8. The average molecular weight is 307 g/mol. The van der Waals surface area contributed by atoms with Crippen molar-refractivity contribution in [3.63, 3.8) is 0 Å². The molecule has 0 saturated carbocycles. The molecule has 0 amide bonds. The van der Waals surface area contributed by atoms with E-state index in [1.807, 2.05) is 19.1 Å². The number of halogens is 2. The minimum Gasteiger partial charge on any atom is -0.490 e. The van der Waals surface area contributed by atoms with Crippen LogP contribution in [0.4, 0.5) is 0 Å². The zero-order chi connectivity index (χ0) is 14.3. The first-order chi connectivity index (χ1) is 9.56. The number of rotatable bonds is 2. The molecule has 3 rings (SSSR count). The molecular formula is C16H12Cl2O2. The minimum absolute atomic E-state index is 0.125. The number of benzene rings is 2. The lowest BCUT2D eigenvalue weighted by Crippen LogP contribution is -2.05. The van der Waals surface area contributed by atoms with Crippen molar-refractivity contribution in [1.82, 2.24) is 0 Å². The Labute approximate surface area is 127 Å². The van der Waals surface area contributed by atoms with Crippen LogP contribution in [0.15, 0.2) is 36.4 Å². The molecule has 1 unspecified atom stereocenters. The number of fused-ring (bicyclic) bond motifs is 1. The third kappa shape index (κ3) is 2.30. The smallest absolute Gasteiger partial charge is 0.194 e. The van der Waals surface area contributed by atoms with Crippen molar-refractivity contribution in [2.75, 3.05) is 0 Å². The Morgan fingerprint density at radius 2 is 2.05 bits per heavy atom. The highest BCUT2D eigenvalue weighted by atomic mass is 35.5. The van der Waals surface area contributed by atoms with E-state index in [4.69, 9.17) is 27.9 Å². The Hall–Kier alpha value is -1.51. The molecule has 0 N–H and O–H groups in total. The van der Waals surface area contributed by atoms with Crippen molar-refractivity contribution in [2.24, 2.45) is 0 Å². The van der Waals surface area contributed by atoms with Crippen molar-refractivity contribution in [3.05, 3.63) is 63.1 Å². The molecule has 1 atom stereocenters. The van der Waals surface area contributed by atoms with Crippen LogP contribution in [0.1, 0.15) is 28.4 Å². The van der Waals surface area contributed by atoms with Gasteiger partial charge in [-0.1, -0.05) is 29.3 Å². The highest BCUT2D eigenvalue weighted by Crippen LogP contribution is 2.32. The Balaban J connectivity index is 2.00. The van der Waals surface area contributed by atoms with Gasteiger partial charge >= 0.3 is 0 Å². The summed E-state index contributed by atoms with van der Waals surface area (Å²) in [7, 11) is 0. The minimum atomic E-state index is -0.125. The summed E-state index contributed by atoms with van der Waals surface area (Å²) >= 11 is 12.1. The number of carbonyl (C=O) groups excluding carboxylic acids is 1. The van der Waals surface area contributed by atoms with Gasteiger partial charge in [-0.2, -0.15) is 0 Å². The van der Waals surface area contributed by atoms with E-state index in [2.05, 4.69) is 0 Å². The molecule has 2 aromatic rings. The third-order valence-electron chi connectivity index (χ3n) is 3.35. The lowest BCUT2D eigenvalue weighted by molar-refractivity contribution is 0.103. The number of carbonyl (C=O) groups is 1. The maximum Gasteiger partial charge on any atom is 0.194 e. The summed E-state index contributed by atoms with van der Waals surface area (Å²) in [5.41, 5.74) is 2.08. The van der Waals surface area contributed by atoms with E-state index in [0.717, 1.165) is 17.7 Å². The van der Waals surface area contributed by atoms with Crippen LogP contribution in [-0.2, 0) is 6.42 Å². The van der Waals surface area contributed by atoms with E-state index in [-0.39, 0.29) is 11.9 Å². The van der Waals surface area contributed by atoms with Gasteiger partial charge in [0.25, 0.3) is 0 Å². The van der Waals surface area contributed by atoms with Crippen molar-refractivity contribution < 1.29 is 9.53 Å². The quantitative estimate of drug-likeness (QED) is 0.761. The predicted octanol–water partition coefficient (Wildman–Crippen LogP) is 4.55. The summed E-state index contributed by atoms with van der Waals surface area (Å²) < 4.78 is 5.63. The van der Waals surface area contributed by atoms with Crippen LogP contribution < -0.4 is 4.74 Å². The fourth-order valence-electron chi connectivity index (χ4n) is 2.40. The molecule has 0 radical (unpaired) electrons. The largest absolute Gasteiger partial charge is 0.490 e. The fourth-order valence-corrected chi connectivity index (χ4v) is 2.78. The first kappa shape index (κ1) is 13.5. The average Bonchev–Trinajstić information content (AvgIpc) is 2.80. The zero-order valence-corrected chi connectivity index (χ0v) is 12.3. The standard InChI is InChI=1S/C16H12Cl2O2/c1-9-7-11-8-10(5-6-14(11)20-9)16(19)12-3-2-4-13(17)15(12)18/h2-6,8-9H,7H2,1H3. The van der Waals surface area contributed by atoms with Crippen LogP contribution in [0.2, 0.25) is 10.0 Å². The third-order valence-corrected chi connectivity index (χ3v) is 4.17. The van der Waals surface area contributed by atoms with Crippen molar-refractivity contribution in [2.45, 2.75) is 19.4 Å². The summed E-state index contributed by atoms with van der Waals surface area (Å²) in [5.74, 6) is 0.728.